The van der Waals surface area contributed by atoms with E-state index in [1.54, 1.807) is 6.92 Å². The fraction of sp³-hybridized carbons (Fsp3) is 0.818. The molecule has 4 heteroatoms. The van der Waals surface area contributed by atoms with Crippen molar-refractivity contribution in [1.82, 2.24) is 0 Å². The van der Waals surface area contributed by atoms with Gasteiger partial charge in [0.2, 0.25) is 0 Å². The molecule has 1 aliphatic rings. The van der Waals surface area contributed by atoms with Gasteiger partial charge < -0.3 is 10.2 Å². The minimum absolute atomic E-state index is 0.0233. The van der Waals surface area contributed by atoms with Crippen LogP contribution in [0.5, 0.6) is 0 Å². The fourth-order valence-corrected chi connectivity index (χ4v) is 2.78. The van der Waals surface area contributed by atoms with E-state index in [4.69, 9.17) is 5.11 Å². The third-order valence-corrected chi connectivity index (χ3v) is 3.87. The topological polar surface area (TPSA) is 74.6 Å². The van der Waals surface area contributed by atoms with Gasteiger partial charge in [0.1, 0.15) is 0 Å². The molecule has 0 amide bonds. The number of carboxylic acid groups (broad SMARTS) is 2. The number of hydrogen-bond acceptors (Lipinski definition) is 2. The third-order valence-electron chi connectivity index (χ3n) is 3.87. The monoisotopic (exact) mass is 214 g/mol. The van der Waals surface area contributed by atoms with E-state index in [0.717, 1.165) is 19.3 Å². The lowest BCUT2D eigenvalue weighted by atomic mass is 9.60. The van der Waals surface area contributed by atoms with E-state index in [1.807, 2.05) is 6.92 Å². The summed E-state index contributed by atoms with van der Waals surface area (Å²) in [5.41, 5.74) is -1.10. The second-order valence-electron chi connectivity index (χ2n) is 4.51. The first-order valence-electron chi connectivity index (χ1n) is 5.40. The van der Waals surface area contributed by atoms with Crippen molar-refractivity contribution in [3.05, 3.63) is 0 Å². The van der Waals surface area contributed by atoms with E-state index in [2.05, 4.69) is 0 Å². The van der Waals surface area contributed by atoms with Gasteiger partial charge in [-0.1, -0.05) is 19.8 Å². The number of carbonyl (C=O) groups is 2. The summed E-state index contributed by atoms with van der Waals surface area (Å²) in [5.74, 6) is -2.71. The van der Waals surface area contributed by atoms with Crippen LogP contribution < -0.4 is 0 Å². The number of rotatable bonds is 3. The van der Waals surface area contributed by atoms with E-state index < -0.39 is 23.3 Å². The molecule has 0 saturated heterocycles. The normalized spacial score (nSPS) is 36.1. The summed E-state index contributed by atoms with van der Waals surface area (Å²) in [6.45, 7) is 3.51. The maximum atomic E-state index is 11.3. The Labute approximate surface area is 89.3 Å². The predicted octanol–water partition coefficient (Wildman–Crippen LogP) is 1.99. The lowest BCUT2D eigenvalue weighted by Gasteiger charge is -2.42. The zero-order chi connectivity index (χ0) is 11.6. The SMILES string of the molecule is CCC1CCCC(C(=O)O)C1(C)C(=O)O. The Morgan fingerprint density at radius 2 is 1.93 bits per heavy atom. The molecule has 0 radical (unpaired) electrons. The zero-order valence-electron chi connectivity index (χ0n) is 9.19. The van der Waals surface area contributed by atoms with Crippen LogP contribution in [0.2, 0.25) is 0 Å². The van der Waals surface area contributed by atoms with E-state index in [9.17, 15) is 14.7 Å². The minimum Gasteiger partial charge on any atom is -0.481 e. The van der Waals surface area contributed by atoms with Crippen LogP contribution in [0.15, 0.2) is 0 Å². The lowest BCUT2D eigenvalue weighted by molar-refractivity contribution is -0.169. The lowest BCUT2D eigenvalue weighted by Crippen LogP contribution is -2.48. The molecular weight excluding hydrogens is 196 g/mol. The maximum absolute atomic E-state index is 11.3. The second-order valence-corrected chi connectivity index (χ2v) is 4.51. The summed E-state index contributed by atoms with van der Waals surface area (Å²) in [6, 6.07) is 0. The molecule has 3 atom stereocenters. The van der Waals surface area contributed by atoms with Crippen LogP contribution in [-0.2, 0) is 9.59 Å². The summed E-state index contributed by atoms with van der Waals surface area (Å²) in [4.78, 5) is 22.4. The van der Waals surface area contributed by atoms with Gasteiger partial charge in [-0.15, -0.1) is 0 Å². The zero-order valence-corrected chi connectivity index (χ0v) is 9.19. The molecule has 0 aromatic carbocycles. The van der Waals surface area contributed by atoms with Gasteiger partial charge in [0, 0.05) is 0 Å². The summed E-state index contributed by atoms with van der Waals surface area (Å²) in [5, 5.41) is 18.3. The molecule has 86 valence electrons. The van der Waals surface area contributed by atoms with Crippen molar-refractivity contribution >= 4 is 11.9 Å². The van der Waals surface area contributed by atoms with Crippen molar-refractivity contribution < 1.29 is 19.8 Å². The Balaban J connectivity index is 3.06. The van der Waals surface area contributed by atoms with Gasteiger partial charge in [-0.2, -0.15) is 0 Å². The Morgan fingerprint density at radius 3 is 2.33 bits per heavy atom. The highest BCUT2D eigenvalue weighted by atomic mass is 16.4. The van der Waals surface area contributed by atoms with Gasteiger partial charge >= 0.3 is 11.9 Å². The van der Waals surface area contributed by atoms with E-state index in [-0.39, 0.29) is 5.92 Å². The number of carboxylic acids is 2. The molecule has 0 aromatic heterocycles. The Bertz CT molecular complexity index is 274. The molecule has 0 spiro atoms. The van der Waals surface area contributed by atoms with Gasteiger partial charge in [0.15, 0.2) is 0 Å². The Hall–Kier alpha value is -1.06. The van der Waals surface area contributed by atoms with Crippen molar-refractivity contribution in [3.63, 3.8) is 0 Å². The molecule has 2 N–H and O–H groups in total. The highest BCUT2D eigenvalue weighted by molar-refractivity contribution is 5.83. The van der Waals surface area contributed by atoms with Gasteiger partial charge in [-0.3, -0.25) is 9.59 Å². The van der Waals surface area contributed by atoms with E-state index >= 15 is 0 Å². The summed E-state index contributed by atoms with van der Waals surface area (Å²) < 4.78 is 0. The van der Waals surface area contributed by atoms with Crippen LogP contribution in [0.4, 0.5) is 0 Å². The molecular formula is C11H18O4. The average molecular weight is 214 g/mol. The van der Waals surface area contributed by atoms with Gasteiger partial charge in [-0.25, -0.2) is 0 Å². The molecule has 3 unspecified atom stereocenters. The number of hydrogen-bond donors (Lipinski definition) is 2. The molecule has 0 heterocycles. The van der Waals surface area contributed by atoms with Crippen molar-refractivity contribution in [1.29, 1.82) is 0 Å². The molecule has 1 saturated carbocycles. The molecule has 4 nitrogen and oxygen atoms in total. The van der Waals surface area contributed by atoms with Crippen molar-refractivity contribution in [2.45, 2.75) is 39.5 Å². The quantitative estimate of drug-likeness (QED) is 0.753. The summed E-state index contributed by atoms with van der Waals surface area (Å²) in [6.07, 6.45) is 2.85. The third kappa shape index (κ3) is 1.85. The van der Waals surface area contributed by atoms with Crippen LogP contribution in [0.3, 0.4) is 0 Å². The summed E-state index contributed by atoms with van der Waals surface area (Å²) >= 11 is 0. The van der Waals surface area contributed by atoms with Gasteiger partial charge in [0.25, 0.3) is 0 Å². The molecule has 0 aliphatic heterocycles. The van der Waals surface area contributed by atoms with Crippen LogP contribution in [0.1, 0.15) is 39.5 Å². The predicted molar refractivity (Wildman–Crippen MR) is 54.5 cm³/mol. The highest BCUT2D eigenvalue weighted by Gasteiger charge is 2.52. The minimum atomic E-state index is -1.10. The van der Waals surface area contributed by atoms with Crippen LogP contribution in [-0.4, -0.2) is 22.2 Å². The first-order valence-corrected chi connectivity index (χ1v) is 5.40. The first kappa shape index (κ1) is 12.0. The van der Waals surface area contributed by atoms with Crippen LogP contribution in [0, 0.1) is 17.3 Å². The van der Waals surface area contributed by atoms with Crippen LogP contribution in [0.25, 0.3) is 0 Å². The molecule has 0 aromatic rings. The van der Waals surface area contributed by atoms with E-state index in [0.29, 0.717) is 6.42 Å². The molecule has 0 bridgehead atoms. The van der Waals surface area contributed by atoms with Gasteiger partial charge in [-0.05, 0) is 25.7 Å². The number of aliphatic carboxylic acids is 2. The molecule has 1 rings (SSSR count). The van der Waals surface area contributed by atoms with Crippen molar-refractivity contribution in [3.8, 4) is 0 Å². The standard InChI is InChI=1S/C11H18O4/c1-3-7-5-4-6-8(9(12)13)11(7,2)10(14)15/h7-8H,3-6H2,1-2H3,(H,12,13)(H,14,15). The van der Waals surface area contributed by atoms with Crippen LogP contribution >= 0.6 is 0 Å². The molecule has 15 heavy (non-hydrogen) atoms. The fourth-order valence-electron chi connectivity index (χ4n) is 2.78. The largest absolute Gasteiger partial charge is 0.481 e. The van der Waals surface area contributed by atoms with Crippen molar-refractivity contribution in [2.24, 2.45) is 17.3 Å². The Kier molecular flexibility index (Phi) is 3.37. The first-order chi connectivity index (χ1) is 6.94. The van der Waals surface area contributed by atoms with Gasteiger partial charge in [0.05, 0.1) is 11.3 Å². The molecule has 1 aliphatic carbocycles. The van der Waals surface area contributed by atoms with E-state index in [1.165, 1.54) is 0 Å². The maximum Gasteiger partial charge on any atom is 0.310 e. The summed E-state index contributed by atoms with van der Waals surface area (Å²) in [7, 11) is 0. The smallest absolute Gasteiger partial charge is 0.310 e. The van der Waals surface area contributed by atoms with Crippen molar-refractivity contribution in [2.75, 3.05) is 0 Å². The molecule has 1 fully saturated rings. The second kappa shape index (κ2) is 4.21. The Morgan fingerprint density at radius 1 is 1.33 bits per heavy atom. The highest BCUT2D eigenvalue weighted by Crippen LogP contribution is 2.47. The average Bonchev–Trinajstić information content (AvgIpc) is 2.17.